The van der Waals surface area contributed by atoms with Crippen molar-refractivity contribution in [3.8, 4) is 5.75 Å². The highest BCUT2D eigenvalue weighted by Crippen LogP contribution is 2.15. The number of rotatable bonds is 4. The molecule has 2 aromatic rings. The fourth-order valence-corrected chi connectivity index (χ4v) is 2.59. The second kappa shape index (κ2) is 5.97. The fraction of sp³-hybridized carbons (Fsp3) is 0.133. The van der Waals surface area contributed by atoms with Gasteiger partial charge in [-0.2, -0.15) is 17.9 Å². The summed E-state index contributed by atoms with van der Waals surface area (Å²) in [7, 11) is -2.27. The monoisotopic (exact) mass is 304 g/mol. The molecule has 0 spiro atoms. The second-order valence-electron chi connectivity index (χ2n) is 4.59. The van der Waals surface area contributed by atoms with Crippen LogP contribution in [0.4, 0.5) is 0 Å². The van der Waals surface area contributed by atoms with Gasteiger partial charge in [-0.25, -0.2) is 0 Å². The largest absolute Gasteiger partial charge is 0.508 e. The number of hydrazone groups is 1. The Hall–Kier alpha value is -2.34. The van der Waals surface area contributed by atoms with Crippen LogP contribution in [-0.2, 0) is 10.0 Å². The lowest BCUT2D eigenvalue weighted by Gasteiger charge is -2.13. The fourth-order valence-electron chi connectivity index (χ4n) is 1.63. The number of benzene rings is 2. The summed E-state index contributed by atoms with van der Waals surface area (Å²) in [6, 6.07) is 12.9. The summed E-state index contributed by atoms with van der Waals surface area (Å²) in [5.74, 6) is 0.146. The van der Waals surface area contributed by atoms with E-state index in [9.17, 15) is 13.5 Å². The highest BCUT2D eigenvalue weighted by molar-refractivity contribution is 7.89. The molecule has 21 heavy (non-hydrogen) atoms. The Morgan fingerprint density at radius 1 is 1.05 bits per heavy atom. The Kier molecular flexibility index (Phi) is 4.28. The number of nitrogens with zero attached hydrogens (tertiary/aromatic N) is 2. The average molecular weight is 304 g/mol. The van der Waals surface area contributed by atoms with Crippen molar-refractivity contribution in [3.05, 3.63) is 59.7 Å². The predicted octanol–water partition coefficient (Wildman–Crippen LogP) is 2.36. The molecule has 1 N–H and O–H groups in total. The normalized spacial score (nSPS) is 11.7. The summed E-state index contributed by atoms with van der Waals surface area (Å²) >= 11 is 0. The van der Waals surface area contributed by atoms with Crippen molar-refractivity contribution in [1.29, 1.82) is 0 Å². The van der Waals surface area contributed by atoms with Gasteiger partial charge in [0.15, 0.2) is 0 Å². The molecule has 0 aliphatic carbocycles. The van der Waals surface area contributed by atoms with Gasteiger partial charge in [-0.05, 0) is 48.9 Å². The first-order valence-corrected chi connectivity index (χ1v) is 7.72. The van der Waals surface area contributed by atoms with Crippen molar-refractivity contribution in [1.82, 2.24) is 4.41 Å². The van der Waals surface area contributed by atoms with Gasteiger partial charge in [0.25, 0.3) is 10.0 Å². The van der Waals surface area contributed by atoms with Crippen LogP contribution in [0.3, 0.4) is 0 Å². The van der Waals surface area contributed by atoms with Gasteiger partial charge in [-0.15, -0.1) is 0 Å². The molecule has 0 radical (unpaired) electrons. The zero-order chi connectivity index (χ0) is 15.5. The van der Waals surface area contributed by atoms with E-state index < -0.39 is 10.0 Å². The first-order chi connectivity index (χ1) is 9.89. The van der Waals surface area contributed by atoms with E-state index in [0.717, 1.165) is 9.98 Å². The van der Waals surface area contributed by atoms with E-state index in [0.29, 0.717) is 5.56 Å². The number of sulfonamides is 1. The van der Waals surface area contributed by atoms with Crippen LogP contribution in [-0.4, -0.2) is 31.2 Å². The molecule has 0 fully saturated rings. The molecule has 6 heteroatoms. The summed E-state index contributed by atoms with van der Waals surface area (Å²) in [5, 5.41) is 13.1. The molecule has 0 atom stereocenters. The molecule has 0 amide bonds. The summed E-state index contributed by atoms with van der Waals surface area (Å²) in [4.78, 5) is 0.193. The zero-order valence-electron chi connectivity index (χ0n) is 11.8. The SMILES string of the molecule is Cc1ccc(S(=O)(=O)N(C)N=Cc2ccc(O)cc2)cc1. The molecule has 0 heterocycles. The maximum absolute atomic E-state index is 12.3. The Labute approximate surface area is 124 Å². The van der Waals surface area contributed by atoms with Crippen molar-refractivity contribution in [2.24, 2.45) is 5.10 Å². The molecule has 0 aliphatic heterocycles. The Morgan fingerprint density at radius 3 is 2.19 bits per heavy atom. The van der Waals surface area contributed by atoms with Gasteiger partial charge in [0, 0.05) is 7.05 Å². The van der Waals surface area contributed by atoms with E-state index in [1.807, 2.05) is 6.92 Å². The van der Waals surface area contributed by atoms with Gasteiger partial charge in [-0.1, -0.05) is 17.7 Å². The van der Waals surface area contributed by atoms with Crippen LogP contribution >= 0.6 is 0 Å². The van der Waals surface area contributed by atoms with Crippen molar-refractivity contribution in [3.63, 3.8) is 0 Å². The molecular formula is C15H16N2O3S. The standard InChI is InChI=1S/C15H16N2O3S/c1-12-3-9-15(10-4-12)21(19,20)17(2)16-11-13-5-7-14(18)8-6-13/h3-11,18H,1-2H3. The van der Waals surface area contributed by atoms with Gasteiger partial charge in [-0.3, -0.25) is 0 Å². The average Bonchev–Trinajstić information content (AvgIpc) is 2.46. The highest BCUT2D eigenvalue weighted by atomic mass is 32.2. The molecular weight excluding hydrogens is 288 g/mol. The van der Waals surface area contributed by atoms with E-state index in [-0.39, 0.29) is 10.6 Å². The molecule has 2 rings (SSSR count). The Balaban J connectivity index is 2.20. The van der Waals surface area contributed by atoms with Gasteiger partial charge in [0.2, 0.25) is 0 Å². The summed E-state index contributed by atoms with van der Waals surface area (Å²) < 4.78 is 25.5. The highest BCUT2D eigenvalue weighted by Gasteiger charge is 2.18. The maximum Gasteiger partial charge on any atom is 0.278 e. The molecule has 0 aromatic heterocycles. The topological polar surface area (TPSA) is 70.0 Å². The number of aromatic hydroxyl groups is 1. The van der Waals surface area contributed by atoms with Crippen molar-refractivity contribution >= 4 is 16.2 Å². The summed E-state index contributed by atoms with van der Waals surface area (Å²) in [6.07, 6.45) is 1.42. The minimum atomic E-state index is -3.65. The Bertz CT molecular complexity index is 735. The first-order valence-electron chi connectivity index (χ1n) is 6.28. The van der Waals surface area contributed by atoms with Gasteiger partial charge in [0.1, 0.15) is 5.75 Å². The van der Waals surface area contributed by atoms with Crippen molar-refractivity contribution < 1.29 is 13.5 Å². The smallest absolute Gasteiger partial charge is 0.278 e. The molecule has 0 saturated heterocycles. The molecule has 0 aliphatic rings. The van der Waals surface area contributed by atoms with Gasteiger partial charge < -0.3 is 5.11 Å². The second-order valence-corrected chi connectivity index (χ2v) is 6.54. The minimum absolute atomic E-state index is 0.146. The third-order valence-corrected chi connectivity index (χ3v) is 4.59. The van der Waals surface area contributed by atoms with E-state index in [1.165, 1.54) is 25.4 Å². The summed E-state index contributed by atoms with van der Waals surface area (Å²) in [5.41, 5.74) is 1.68. The summed E-state index contributed by atoms with van der Waals surface area (Å²) in [6.45, 7) is 1.89. The van der Waals surface area contributed by atoms with Crippen molar-refractivity contribution in [2.45, 2.75) is 11.8 Å². The van der Waals surface area contributed by atoms with Crippen LogP contribution in [0, 0.1) is 6.92 Å². The van der Waals surface area contributed by atoms with Crippen molar-refractivity contribution in [2.75, 3.05) is 7.05 Å². The lowest BCUT2D eigenvalue weighted by Crippen LogP contribution is -2.21. The van der Waals surface area contributed by atoms with E-state index in [1.54, 1.807) is 36.4 Å². The number of phenolic OH excluding ortho intramolecular Hbond substituents is 1. The third-order valence-electron chi connectivity index (χ3n) is 2.93. The van der Waals surface area contributed by atoms with Crippen LogP contribution < -0.4 is 0 Å². The number of phenols is 1. The molecule has 0 bridgehead atoms. The number of aryl methyl sites for hydroxylation is 1. The number of hydrogen-bond donors (Lipinski definition) is 1. The van der Waals surface area contributed by atoms with Crippen LogP contribution in [0.25, 0.3) is 0 Å². The zero-order valence-corrected chi connectivity index (χ0v) is 12.6. The molecule has 5 nitrogen and oxygen atoms in total. The quantitative estimate of drug-likeness (QED) is 0.696. The van der Waals surface area contributed by atoms with Crippen LogP contribution in [0.15, 0.2) is 58.5 Å². The lowest BCUT2D eigenvalue weighted by atomic mass is 10.2. The van der Waals surface area contributed by atoms with Crippen LogP contribution in [0.2, 0.25) is 0 Å². The van der Waals surface area contributed by atoms with E-state index in [2.05, 4.69) is 5.10 Å². The molecule has 0 unspecified atom stereocenters. The van der Waals surface area contributed by atoms with Crippen LogP contribution in [0.1, 0.15) is 11.1 Å². The first kappa shape index (κ1) is 15.1. The maximum atomic E-state index is 12.3. The van der Waals surface area contributed by atoms with Gasteiger partial charge >= 0.3 is 0 Å². The van der Waals surface area contributed by atoms with Gasteiger partial charge in [0.05, 0.1) is 11.1 Å². The van der Waals surface area contributed by atoms with Crippen LogP contribution in [0.5, 0.6) is 5.75 Å². The molecule has 0 saturated carbocycles. The van der Waals surface area contributed by atoms with E-state index in [4.69, 9.17) is 0 Å². The van der Waals surface area contributed by atoms with E-state index >= 15 is 0 Å². The minimum Gasteiger partial charge on any atom is -0.508 e. The molecule has 2 aromatic carbocycles. The Morgan fingerprint density at radius 2 is 1.62 bits per heavy atom. The molecule has 110 valence electrons. The predicted molar refractivity (Wildman–Crippen MR) is 81.8 cm³/mol. The third kappa shape index (κ3) is 3.61. The lowest BCUT2D eigenvalue weighted by molar-refractivity contribution is 0.475. The number of hydrogen-bond acceptors (Lipinski definition) is 4.